The Morgan fingerprint density at radius 3 is 2.79 bits per heavy atom. The summed E-state index contributed by atoms with van der Waals surface area (Å²) >= 11 is 0. The van der Waals surface area contributed by atoms with Gasteiger partial charge < -0.3 is 19.5 Å². The van der Waals surface area contributed by atoms with E-state index in [-0.39, 0.29) is 18.0 Å². The normalized spacial score (nSPS) is 17.5. The van der Waals surface area contributed by atoms with E-state index in [1.165, 1.54) is 0 Å². The molecule has 2 aromatic rings. The van der Waals surface area contributed by atoms with Crippen molar-refractivity contribution in [1.29, 1.82) is 0 Å². The highest BCUT2D eigenvalue weighted by molar-refractivity contribution is 5.90. The van der Waals surface area contributed by atoms with Gasteiger partial charge in [-0.1, -0.05) is 32.9 Å². The molecule has 9 nitrogen and oxygen atoms in total. The van der Waals surface area contributed by atoms with E-state index in [1.807, 2.05) is 4.68 Å². The van der Waals surface area contributed by atoms with Crippen LogP contribution in [0.1, 0.15) is 63.5 Å². The van der Waals surface area contributed by atoms with Gasteiger partial charge in [0.25, 0.3) is 0 Å². The Morgan fingerprint density at radius 2 is 2.14 bits per heavy atom. The zero-order valence-electron chi connectivity index (χ0n) is 17.3. The van der Waals surface area contributed by atoms with Crippen LogP contribution < -0.4 is 5.32 Å². The first-order valence-electron chi connectivity index (χ1n) is 9.88. The number of hydrogen-bond acceptors (Lipinski definition) is 6. The number of anilines is 1. The predicted octanol–water partition coefficient (Wildman–Crippen LogP) is 3.35. The smallest absolute Gasteiger partial charge is 0.322 e. The highest BCUT2D eigenvalue weighted by Gasteiger charge is 2.32. The van der Waals surface area contributed by atoms with Gasteiger partial charge in [-0.2, -0.15) is 10.1 Å². The monoisotopic (exact) mass is 390 g/mol. The number of hydrogen-bond donors (Lipinski definition) is 1. The zero-order chi connectivity index (χ0) is 20.3. The molecule has 28 heavy (non-hydrogen) atoms. The van der Waals surface area contributed by atoms with Gasteiger partial charge in [-0.25, -0.2) is 4.79 Å². The first-order chi connectivity index (χ1) is 13.4. The third kappa shape index (κ3) is 4.52. The molecule has 0 aliphatic carbocycles. The van der Waals surface area contributed by atoms with Crippen molar-refractivity contribution in [2.75, 3.05) is 25.1 Å². The molecule has 9 heteroatoms. The minimum absolute atomic E-state index is 0.207. The Bertz CT molecular complexity index is 797. The van der Waals surface area contributed by atoms with Gasteiger partial charge in [-0.05, 0) is 18.3 Å². The average molecular weight is 390 g/mol. The molecule has 0 aromatic carbocycles. The molecule has 2 aromatic heterocycles. The Labute approximate surface area is 165 Å². The number of rotatable bonds is 6. The Hall–Kier alpha value is -2.42. The molecule has 0 spiro atoms. The van der Waals surface area contributed by atoms with Crippen LogP contribution in [0.15, 0.2) is 10.7 Å². The number of nitrogens with zero attached hydrogens (tertiary/aromatic N) is 5. The minimum Gasteiger partial charge on any atom is -0.377 e. The number of ether oxygens (including phenoxy) is 1. The molecule has 1 unspecified atom stereocenters. The summed E-state index contributed by atoms with van der Waals surface area (Å²) in [6.07, 6.45) is 2.78. The average Bonchev–Trinajstić information content (AvgIpc) is 3.26. The molecule has 0 saturated carbocycles. The molecule has 3 heterocycles. The van der Waals surface area contributed by atoms with Gasteiger partial charge >= 0.3 is 6.03 Å². The Balaban J connectivity index is 1.77. The van der Waals surface area contributed by atoms with Crippen LogP contribution in [0, 0.1) is 12.8 Å². The summed E-state index contributed by atoms with van der Waals surface area (Å²) < 4.78 is 12.6. The van der Waals surface area contributed by atoms with E-state index >= 15 is 0 Å². The van der Waals surface area contributed by atoms with Crippen LogP contribution in [-0.4, -0.2) is 50.6 Å². The summed E-state index contributed by atoms with van der Waals surface area (Å²) in [5.74, 6) is 1.76. The molecule has 2 amide bonds. The van der Waals surface area contributed by atoms with Gasteiger partial charge in [0, 0.05) is 20.0 Å². The number of aryl methyl sites for hydroxylation is 2. The lowest BCUT2D eigenvalue weighted by atomic mass is 10.1. The van der Waals surface area contributed by atoms with Gasteiger partial charge in [-0.15, -0.1) is 0 Å². The molecule has 1 aliphatic heterocycles. The maximum atomic E-state index is 13.0. The lowest BCUT2D eigenvalue weighted by molar-refractivity contribution is 0.0110. The topological polar surface area (TPSA) is 98.3 Å². The fourth-order valence-electron chi connectivity index (χ4n) is 3.36. The van der Waals surface area contributed by atoms with Crippen LogP contribution in [0.5, 0.6) is 0 Å². The van der Waals surface area contributed by atoms with Gasteiger partial charge in [0.2, 0.25) is 5.89 Å². The number of nitrogens with one attached hydrogen (secondary N) is 1. The SMILES string of the molecule is Cc1nc(C2COCCN2C(=O)Nc2cnn(CCC(C)C)c2C(C)C)no1. The van der Waals surface area contributed by atoms with Crippen molar-refractivity contribution in [3.05, 3.63) is 23.6 Å². The van der Waals surface area contributed by atoms with Gasteiger partial charge in [-0.3, -0.25) is 4.68 Å². The van der Waals surface area contributed by atoms with E-state index in [1.54, 1.807) is 18.0 Å². The molecule has 1 N–H and O–H groups in total. The van der Waals surface area contributed by atoms with Crippen molar-refractivity contribution in [3.8, 4) is 0 Å². The number of carbonyl (C=O) groups is 1. The third-order valence-electron chi connectivity index (χ3n) is 4.82. The van der Waals surface area contributed by atoms with E-state index in [9.17, 15) is 4.79 Å². The summed E-state index contributed by atoms with van der Waals surface area (Å²) in [5, 5.41) is 11.5. The number of morpholine rings is 1. The summed E-state index contributed by atoms with van der Waals surface area (Å²) in [5.41, 5.74) is 1.78. The summed E-state index contributed by atoms with van der Waals surface area (Å²) in [6, 6.07) is -0.578. The largest absolute Gasteiger partial charge is 0.377 e. The van der Waals surface area contributed by atoms with Crippen LogP contribution in [0.25, 0.3) is 0 Å². The molecule has 1 atom stereocenters. The van der Waals surface area contributed by atoms with Crippen molar-refractivity contribution in [2.45, 2.75) is 59.5 Å². The van der Waals surface area contributed by atoms with Crippen molar-refractivity contribution < 1.29 is 14.1 Å². The molecular weight excluding hydrogens is 360 g/mol. The standard InChI is InChI=1S/C19H30N6O3/c1-12(2)6-7-25-17(13(3)4)15(10-20-25)22-19(26)24-8-9-27-11-16(24)18-21-14(5)28-23-18/h10,12-13,16H,6-9,11H2,1-5H3,(H,22,26). The Kier molecular flexibility index (Phi) is 6.33. The summed E-state index contributed by atoms with van der Waals surface area (Å²) in [6.45, 7) is 12.5. The second-order valence-electron chi connectivity index (χ2n) is 7.89. The quantitative estimate of drug-likeness (QED) is 0.812. The van der Waals surface area contributed by atoms with E-state index in [4.69, 9.17) is 9.26 Å². The first-order valence-corrected chi connectivity index (χ1v) is 9.88. The van der Waals surface area contributed by atoms with Gasteiger partial charge in [0.1, 0.15) is 6.04 Å². The highest BCUT2D eigenvalue weighted by Crippen LogP contribution is 2.27. The molecule has 1 fully saturated rings. The van der Waals surface area contributed by atoms with E-state index in [2.05, 4.69) is 48.3 Å². The summed E-state index contributed by atoms with van der Waals surface area (Å²) in [4.78, 5) is 19.0. The molecule has 3 rings (SSSR count). The number of amides is 2. The lowest BCUT2D eigenvalue weighted by Crippen LogP contribution is -2.46. The highest BCUT2D eigenvalue weighted by atomic mass is 16.5. The molecule has 0 bridgehead atoms. The van der Waals surface area contributed by atoms with Crippen LogP contribution in [0.2, 0.25) is 0 Å². The fraction of sp³-hybridized carbons (Fsp3) is 0.684. The lowest BCUT2D eigenvalue weighted by Gasteiger charge is -2.33. The maximum absolute atomic E-state index is 13.0. The zero-order valence-corrected chi connectivity index (χ0v) is 17.3. The van der Waals surface area contributed by atoms with Crippen molar-refractivity contribution in [3.63, 3.8) is 0 Å². The maximum Gasteiger partial charge on any atom is 0.322 e. The van der Waals surface area contributed by atoms with Gasteiger partial charge in [0.05, 0.1) is 30.8 Å². The summed E-state index contributed by atoms with van der Waals surface area (Å²) in [7, 11) is 0. The van der Waals surface area contributed by atoms with Crippen LogP contribution in [0.4, 0.5) is 10.5 Å². The minimum atomic E-state index is -0.371. The Morgan fingerprint density at radius 1 is 1.36 bits per heavy atom. The third-order valence-corrected chi connectivity index (χ3v) is 4.82. The number of aromatic nitrogens is 4. The molecule has 0 radical (unpaired) electrons. The van der Waals surface area contributed by atoms with E-state index < -0.39 is 0 Å². The molecule has 1 saturated heterocycles. The van der Waals surface area contributed by atoms with Crippen molar-refractivity contribution in [2.24, 2.45) is 5.92 Å². The van der Waals surface area contributed by atoms with Crippen molar-refractivity contribution >= 4 is 11.7 Å². The number of urea groups is 1. The number of carbonyl (C=O) groups excluding carboxylic acids is 1. The second-order valence-corrected chi connectivity index (χ2v) is 7.89. The fourth-order valence-corrected chi connectivity index (χ4v) is 3.36. The van der Waals surface area contributed by atoms with E-state index in [0.29, 0.717) is 37.4 Å². The molecule has 154 valence electrons. The first kappa shape index (κ1) is 20.3. The predicted molar refractivity (Wildman–Crippen MR) is 104 cm³/mol. The van der Waals surface area contributed by atoms with Crippen LogP contribution in [-0.2, 0) is 11.3 Å². The molecular formula is C19H30N6O3. The van der Waals surface area contributed by atoms with Crippen molar-refractivity contribution in [1.82, 2.24) is 24.8 Å². The van der Waals surface area contributed by atoms with E-state index in [0.717, 1.165) is 24.3 Å². The van der Waals surface area contributed by atoms with Gasteiger partial charge in [0.15, 0.2) is 5.82 Å². The molecule has 1 aliphatic rings. The van der Waals surface area contributed by atoms with Crippen LogP contribution >= 0.6 is 0 Å². The second kappa shape index (κ2) is 8.72. The van der Waals surface area contributed by atoms with Crippen LogP contribution in [0.3, 0.4) is 0 Å².